The summed E-state index contributed by atoms with van der Waals surface area (Å²) in [4.78, 5) is 0. The molecule has 0 aromatic rings. The van der Waals surface area contributed by atoms with Gasteiger partial charge in [-0.15, -0.1) is 0 Å². The van der Waals surface area contributed by atoms with Gasteiger partial charge in [-0.1, -0.05) is 6.92 Å². The van der Waals surface area contributed by atoms with Gasteiger partial charge in [0.25, 0.3) is 0 Å². The van der Waals surface area contributed by atoms with Crippen molar-refractivity contribution >= 4 is 0 Å². The number of allylic oxidation sites excluding steroid dienone is 2. The molecule has 2 rings (SSSR count). The first kappa shape index (κ1) is 12.7. The summed E-state index contributed by atoms with van der Waals surface area (Å²) in [5.41, 5.74) is 0.920. The second-order valence-corrected chi connectivity index (χ2v) is 6.48. The molecule has 2 aliphatic rings. The van der Waals surface area contributed by atoms with E-state index < -0.39 is 5.60 Å². The maximum Gasteiger partial charge on any atom is 0.0893 e. The van der Waals surface area contributed by atoms with E-state index in [4.69, 9.17) is 4.74 Å². The summed E-state index contributed by atoms with van der Waals surface area (Å²) < 4.78 is 5.38. The molecule has 0 aromatic carbocycles. The highest BCUT2D eigenvalue weighted by molar-refractivity contribution is 5.17. The Balaban J connectivity index is 2.25. The number of hydrogen-bond acceptors (Lipinski definition) is 2. The Morgan fingerprint density at radius 1 is 1.47 bits per heavy atom. The molecule has 3 atom stereocenters. The van der Waals surface area contributed by atoms with Crippen molar-refractivity contribution in [3.8, 4) is 0 Å². The third-order valence-electron chi connectivity index (χ3n) is 4.68. The lowest BCUT2D eigenvalue weighted by Gasteiger charge is -2.45. The van der Waals surface area contributed by atoms with Crippen LogP contribution in [0, 0.1) is 17.3 Å². The Morgan fingerprint density at radius 3 is 2.82 bits per heavy atom. The SMILES string of the molecule is CC1=COC=C[C@]2(C)CC[C@H](C(C)(C)O)C[C@@H]12. The predicted molar refractivity (Wildman–Crippen MR) is 69.2 cm³/mol. The normalized spacial score (nSPS) is 37.8. The summed E-state index contributed by atoms with van der Waals surface area (Å²) in [5.74, 6) is 0.877. The summed E-state index contributed by atoms with van der Waals surface area (Å²) in [7, 11) is 0. The zero-order valence-corrected chi connectivity index (χ0v) is 11.4. The van der Waals surface area contributed by atoms with Gasteiger partial charge in [0, 0.05) is 0 Å². The smallest absolute Gasteiger partial charge is 0.0893 e. The van der Waals surface area contributed by atoms with Crippen LogP contribution in [0.15, 0.2) is 24.2 Å². The minimum atomic E-state index is -0.571. The molecule has 17 heavy (non-hydrogen) atoms. The van der Waals surface area contributed by atoms with Crippen molar-refractivity contribution in [1.29, 1.82) is 0 Å². The molecule has 1 aliphatic carbocycles. The Kier molecular flexibility index (Phi) is 3.11. The largest absolute Gasteiger partial charge is 0.473 e. The fraction of sp³-hybridized carbons (Fsp3) is 0.733. The maximum absolute atomic E-state index is 10.2. The molecular formula is C15H24O2. The van der Waals surface area contributed by atoms with Gasteiger partial charge in [0.05, 0.1) is 18.1 Å². The molecule has 0 aromatic heterocycles. The molecule has 1 fully saturated rings. The molecule has 2 nitrogen and oxygen atoms in total. The molecule has 0 radical (unpaired) electrons. The zero-order valence-electron chi connectivity index (χ0n) is 11.4. The Hall–Kier alpha value is -0.760. The van der Waals surface area contributed by atoms with Crippen LogP contribution in [0.3, 0.4) is 0 Å². The van der Waals surface area contributed by atoms with Gasteiger partial charge >= 0.3 is 0 Å². The quantitative estimate of drug-likeness (QED) is 0.753. The van der Waals surface area contributed by atoms with Gasteiger partial charge in [0.1, 0.15) is 0 Å². The summed E-state index contributed by atoms with van der Waals surface area (Å²) in [6, 6.07) is 0. The molecule has 2 heteroatoms. The van der Waals surface area contributed by atoms with Crippen LogP contribution in [0.5, 0.6) is 0 Å². The average molecular weight is 236 g/mol. The summed E-state index contributed by atoms with van der Waals surface area (Å²) in [6.45, 7) is 8.31. The number of hydrogen-bond donors (Lipinski definition) is 1. The molecular weight excluding hydrogens is 212 g/mol. The fourth-order valence-corrected chi connectivity index (χ4v) is 3.30. The van der Waals surface area contributed by atoms with Gasteiger partial charge in [-0.3, -0.25) is 0 Å². The van der Waals surface area contributed by atoms with Crippen molar-refractivity contribution in [2.24, 2.45) is 17.3 Å². The molecule has 1 saturated carbocycles. The summed E-state index contributed by atoms with van der Waals surface area (Å²) in [5, 5.41) is 10.2. The highest BCUT2D eigenvalue weighted by atomic mass is 16.5. The number of ether oxygens (including phenoxy) is 1. The van der Waals surface area contributed by atoms with Gasteiger partial charge in [0.2, 0.25) is 0 Å². The van der Waals surface area contributed by atoms with Crippen LogP contribution in [0.1, 0.15) is 47.0 Å². The van der Waals surface area contributed by atoms with Crippen molar-refractivity contribution < 1.29 is 9.84 Å². The van der Waals surface area contributed by atoms with Crippen molar-refractivity contribution in [3.05, 3.63) is 24.2 Å². The van der Waals surface area contributed by atoms with Crippen LogP contribution >= 0.6 is 0 Å². The minimum absolute atomic E-state index is 0.193. The summed E-state index contributed by atoms with van der Waals surface area (Å²) in [6.07, 6.45) is 9.14. The topological polar surface area (TPSA) is 29.5 Å². The van der Waals surface area contributed by atoms with E-state index in [1.807, 2.05) is 26.4 Å². The lowest BCUT2D eigenvalue weighted by atomic mass is 9.60. The molecule has 0 spiro atoms. The fourth-order valence-electron chi connectivity index (χ4n) is 3.30. The predicted octanol–water partition coefficient (Wildman–Crippen LogP) is 3.63. The van der Waals surface area contributed by atoms with E-state index in [0.29, 0.717) is 11.8 Å². The second kappa shape index (κ2) is 4.16. The zero-order chi connectivity index (χ0) is 12.7. The first-order chi connectivity index (χ1) is 7.83. The van der Waals surface area contributed by atoms with Crippen LogP contribution in [0.4, 0.5) is 0 Å². The van der Waals surface area contributed by atoms with Crippen molar-refractivity contribution in [1.82, 2.24) is 0 Å². The standard InChI is InChI=1S/C15H24O2/c1-11-10-17-8-7-15(4)6-5-12(9-13(11)15)14(2,3)16/h7-8,10,12-13,16H,5-6,9H2,1-4H3/t12-,13-,15-/m0/s1. The Labute approximate surface area is 104 Å². The monoisotopic (exact) mass is 236 g/mol. The first-order valence-electron chi connectivity index (χ1n) is 6.55. The van der Waals surface area contributed by atoms with Crippen molar-refractivity contribution in [3.63, 3.8) is 0 Å². The molecule has 0 saturated heterocycles. The number of fused-ring (bicyclic) bond motifs is 1. The van der Waals surface area contributed by atoms with E-state index >= 15 is 0 Å². The third kappa shape index (κ3) is 2.42. The lowest BCUT2D eigenvalue weighted by molar-refractivity contribution is -0.0244. The lowest BCUT2D eigenvalue weighted by Crippen LogP contribution is -2.41. The Bertz CT molecular complexity index is 348. The Morgan fingerprint density at radius 2 is 2.18 bits per heavy atom. The number of aliphatic hydroxyl groups is 1. The molecule has 1 aliphatic heterocycles. The van der Waals surface area contributed by atoms with E-state index in [0.717, 1.165) is 19.3 Å². The van der Waals surface area contributed by atoms with Crippen LogP contribution in [-0.4, -0.2) is 10.7 Å². The minimum Gasteiger partial charge on any atom is -0.473 e. The molecule has 0 bridgehead atoms. The highest BCUT2D eigenvalue weighted by Crippen LogP contribution is 2.50. The van der Waals surface area contributed by atoms with Gasteiger partial charge < -0.3 is 9.84 Å². The summed E-state index contributed by atoms with van der Waals surface area (Å²) >= 11 is 0. The van der Waals surface area contributed by atoms with E-state index in [2.05, 4.69) is 19.9 Å². The van der Waals surface area contributed by atoms with Gasteiger partial charge in [-0.05, 0) is 68.9 Å². The second-order valence-electron chi connectivity index (χ2n) is 6.48. The van der Waals surface area contributed by atoms with Crippen LogP contribution < -0.4 is 0 Å². The van der Waals surface area contributed by atoms with Crippen molar-refractivity contribution in [2.45, 2.75) is 52.6 Å². The average Bonchev–Trinajstić information content (AvgIpc) is 2.36. The molecule has 0 unspecified atom stereocenters. The first-order valence-corrected chi connectivity index (χ1v) is 6.55. The maximum atomic E-state index is 10.2. The van der Waals surface area contributed by atoms with E-state index in [1.165, 1.54) is 5.57 Å². The van der Waals surface area contributed by atoms with Gasteiger partial charge in [-0.2, -0.15) is 0 Å². The van der Waals surface area contributed by atoms with E-state index in [1.54, 1.807) is 0 Å². The molecule has 96 valence electrons. The van der Waals surface area contributed by atoms with Gasteiger partial charge in [0.15, 0.2) is 0 Å². The molecule has 1 N–H and O–H groups in total. The molecule has 0 amide bonds. The van der Waals surface area contributed by atoms with E-state index in [9.17, 15) is 5.11 Å². The van der Waals surface area contributed by atoms with Crippen molar-refractivity contribution in [2.75, 3.05) is 0 Å². The van der Waals surface area contributed by atoms with Crippen LogP contribution in [0.25, 0.3) is 0 Å². The number of rotatable bonds is 1. The third-order valence-corrected chi connectivity index (χ3v) is 4.68. The molecule has 1 heterocycles. The van der Waals surface area contributed by atoms with Crippen LogP contribution in [-0.2, 0) is 4.74 Å². The van der Waals surface area contributed by atoms with Gasteiger partial charge in [-0.25, -0.2) is 0 Å². The highest BCUT2D eigenvalue weighted by Gasteiger charge is 2.43. The van der Waals surface area contributed by atoms with Crippen LogP contribution in [0.2, 0.25) is 0 Å². The van der Waals surface area contributed by atoms with E-state index in [-0.39, 0.29) is 5.41 Å².